The van der Waals surface area contributed by atoms with E-state index in [-0.39, 0.29) is 16.1 Å². The normalized spacial score (nSPS) is 19.6. The zero-order valence-electron chi connectivity index (χ0n) is 16.4. The lowest BCUT2D eigenvalue weighted by Gasteiger charge is -2.41. The number of sulfonamides is 1. The van der Waals surface area contributed by atoms with Gasteiger partial charge in [-0.05, 0) is 38.8 Å². The third-order valence-electron chi connectivity index (χ3n) is 5.45. The molecule has 0 spiro atoms. The maximum atomic E-state index is 12.7. The van der Waals surface area contributed by atoms with Crippen molar-refractivity contribution in [3.63, 3.8) is 0 Å². The summed E-state index contributed by atoms with van der Waals surface area (Å²) in [5.74, 6) is 0. The van der Waals surface area contributed by atoms with Gasteiger partial charge in [0, 0.05) is 44.3 Å². The van der Waals surface area contributed by atoms with Crippen molar-refractivity contribution in [2.24, 2.45) is 0 Å². The number of morpholine rings is 1. The van der Waals surface area contributed by atoms with Crippen molar-refractivity contribution < 1.29 is 18.1 Å². The van der Waals surface area contributed by atoms with E-state index in [4.69, 9.17) is 4.74 Å². The first-order chi connectivity index (χ1) is 13.2. The molecule has 0 radical (unpaired) electrons. The van der Waals surface area contributed by atoms with Gasteiger partial charge in [0.1, 0.15) is 5.69 Å². The number of anilines is 1. The molecule has 156 valence electrons. The fraction of sp³-hybridized carbons (Fsp3) is 0.667. The molecule has 28 heavy (non-hydrogen) atoms. The number of rotatable bonds is 7. The molecule has 1 aromatic rings. The molecule has 2 fully saturated rings. The smallest absolute Gasteiger partial charge is 0.293 e. The van der Waals surface area contributed by atoms with Crippen LogP contribution in [0.4, 0.5) is 11.4 Å². The van der Waals surface area contributed by atoms with Crippen LogP contribution in [0.25, 0.3) is 0 Å². The maximum absolute atomic E-state index is 12.7. The molecule has 0 aliphatic carbocycles. The van der Waals surface area contributed by atoms with Gasteiger partial charge in [0.25, 0.3) is 5.69 Å². The molecule has 0 bridgehead atoms. The molecule has 0 atom stereocenters. The molecule has 2 aliphatic rings. The minimum absolute atomic E-state index is 0.0286. The van der Waals surface area contributed by atoms with Gasteiger partial charge < -0.3 is 10.1 Å². The first-order valence-electron chi connectivity index (χ1n) is 9.57. The molecular weight excluding hydrogens is 384 g/mol. The first-order valence-corrected chi connectivity index (χ1v) is 11.0. The third kappa shape index (κ3) is 4.45. The number of ether oxygens (including phenoxy) is 1. The Bertz CT molecular complexity index is 815. The van der Waals surface area contributed by atoms with E-state index in [1.165, 1.54) is 16.4 Å². The van der Waals surface area contributed by atoms with E-state index in [0.717, 1.165) is 32.0 Å². The molecule has 0 unspecified atom stereocenters. The Hall–Kier alpha value is -1.75. The topological polar surface area (TPSA) is 105 Å². The Balaban J connectivity index is 1.79. The molecule has 9 nitrogen and oxygen atoms in total. The number of benzene rings is 1. The van der Waals surface area contributed by atoms with Crippen LogP contribution >= 0.6 is 0 Å². The summed E-state index contributed by atoms with van der Waals surface area (Å²) in [7, 11) is -3.69. The Morgan fingerprint density at radius 2 is 1.82 bits per heavy atom. The highest BCUT2D eigenvalue weighted by Crippen LogP contribution is 2.31. The molecule has 1 N–H and O–H groups in total. The Morgan fingerprint density at radius 3 is 2.43 bits per heavy atom. The number of nitrogens with one attached hydrogen (secondary N) is 1. The van der Waals surface area contributed by atoms with Crippen LogP contribution in [0.1, 0.15) is 26.7 Å². The summed E-state index contributed by atoms with van der Waals surface area (Å²) >= 11 is 0. The monoisotopic (exact) mass is 412 g/mol. The van der Waals surface area contributed by atoms with E-state index in [1.807, 2.05) is 0 Å². The second kappa shape index (κ2) is 8.32. The van der Waals surface area contributed by atoms with Crippen molar-refractivity contribution in [1.29, 1.82) is 0 Å². The van der Waals surface area contributed by atoms with Crippen LogP contribution in [0.2, 0.25) is 0 Å². The summed E-state index contributed by atoms with van der Waals surface area (Å²) in [6, 6.07) is 4.11. The highest BCUT2D eigenvalue weighted by atomic mass is 32.2. The van der Waals surface area contributed by atoms with Gasteiger partial charge >= 0.3 is 0 Å². The van der Waals surface area contributed by atoms with Gasteiger partial charge in [-0.15, -0.1) is 0 Å². The maximum Gasteiger partial charge on any atom is 0.293 e. The minimum Gasteiger partial charge on any atom is -0.379 e. The van der Waals surface area contributed by atoms with Gasteiger partial charge in [-0.25, -0.2) is 8.42 Å². The average Bonchev–Trinajstić information content (AvgIpc) is 3.22. The second-order valence-corrected chi connectivity index (χ2v) is 9.75. The van der Waals surface area contributed by atoms with Gasteiger partial charge in [-0.3, -0.25) is 15.0 Å². The Morgan fingerprint density at radius 1 is 1.18 bits per heavy atom. The predicted molar refractivity (Wildman–Crippen MR) is 106 cm³/mol. The van der Waals surface area contributed by atoms with E-state index in [2.05, 4.69) is 24.1 Å². The summed E-state index contributed by atoms with van der Waals surface area (Å²) in [6.45, 7) is 8.53. The minimum atomic E-state index is -3.69. The van der Waals surface area contributed by atoms with Crippen molar-refractivity contribution in [1.82, 2.24) is 9.21 Å². The van der Waals surface area contributed by atoms with Gasteiger partial charge in [-0.1, -0.05) is 0 Å². The van der Waals surface area contributed by atoms with Crippen molar-refractivity contribution >= 4 is 21.4 Å². The van der Waals surface area contributed by atoms with E-state index >= 15 is 0 Å². The number of nitro groups is 1. The highest BCUT2D eigenvalue weighted by molar-refractivity contribution is 7.89. The van der Waals surface area contributed by atoms with Crippen LogP contribution < -0.4 is 5.32 Å². The van der Waals surface area contributed by atoms with E-state index in [9.17, 15) is 18.5 Å². The Kier molecular flexibility index (Phi) is 6.23. The van der Waals surface area contributed by atoms with Gasteiger partial charge in [0.2, 0.25) is 10.0 Å². The van der Waals surface area contributed by atoms with Gasteiger partial charge in [-0.2, -0.15) is 4.31 Å². The SMILES string of the molecule is CC(C)(CNc1ccc(S(=O)(=O)N2CCCC2)cc1[N+](=O)[O-])N1CCOCC1. The van der Waals surface area contributed by atoms with E-state index in [1.54, 1.807) is 0 Å². The molecule has 1 aromatic carbocycles. The summed E-state index contributed by atoms with van der Waals surface area (Å²) in [6.07, 6.45) is 1.63. The van der Waals surface area contributed by atoms with Crippen molar-refractivity contribution in [2.75, 3.05) is 51.3 Å². The summed E-state index contributed by atoms with van der Waals surface area (Å²) in [5.41, 5.74) is -0.123. The molecule has 2 heterocycles. The van der Waals surface area contributed by atoms with Crippen LogP contribution in [0, 0.1) is 10.1 Å². The number of hydrogen-bond donors (Lipinski definition) is 1. The summed E-state index contributed by atoms with van der Waals surface area (Å²) in [5, 5.41) is 14.7. The quantitative estimate of drug-likeness (QED) is 0.539. The lowest BCUT2D eigenvalue weighted by Crippen LogP contribution is -2.53. The van der Waals surface area contributed by atoms with Crippen LogP contribution in [-0.4, -0.2) is 74.0 Å². The second-order valence-electron chi connectivity index (χ2n) is 7.81. The fourth-order valence-corrected chi connectivity index (χ4v) is 5.18. The molecule has 2 aliphatic heterocycles. The average molecular weight is 413 g/mol. The molecule has 0 saturated carbocycles. The predicted octanol–water partition coefficient (Wildman–Crippen LogP) is 1.90. The molecule has 10 heteroatoms. The standard InChI is InChI=1S/C18H28N4O5S/c1-18(2,20-9-11-27-12-10-20)14-19-16-6-5-15(13-17(16)22(23)24)28(25,26)21-7-3-4-8-21/h5-6,13,19H,3-4,7-12,14H2,1-2H3. The third-order valence-corrected chi connectivity index (χ3v) is 7.34. The van der Waals surface area contributed by atoms with Gasteiger partial charge in [0.05, 0.1) is 23.0 Å². The zero-order valence-corrected chi connectivity index (χ0v) is 17.2. The highest BCUT2D eigenvalue weighted by Gasteiger charge is 2.31. The lowest BCUT2D eigenvalue weighted by molar-refractivity contribution is -0.384. The van der Waals surface area contributed by atoms with Crippen LogP contribution in [0.15, 0.2) is 23.1 Å². The molecule has 2 saturated heterocycles. The van der Waals surface area contributed by atoms with Crippen LogP contribution in [0.3, 0.4) is 0 Å². The zero-order chi connectivity index (χ0) is 20.4. The van der Waals surface area contributed by atoms with Crippen LogP contribution in [0.5, 0.6) is 0 Å². The summed E-state index contributed by atoms with van der Waals surface area (Å²) < 4.78 is 32.2. The Labute approximate surface area is 165 Å². The molecule has 3 rings (SSSR count). The van der Waals surface area contributed by atoms with E-state index in [0.29, 0.717) is 38.5 Å². The number of hydrogen-bond acceptors (Lipinski definition) is 7. The van der Waals surface area contributed by atoms with Gasteiger partial charge in [0.15, 0.2) is 0 Å². The largest absolute Gasteiger partial charge is 0.379 e. The van der Waals surface area contributed by atoms with Crippen molar-refractivity contribution in [3.8, 4) is 0 Å². The van der Waals surface area contributed by atoms with Crippen molar-refractivity contribution in [2.45, 2.75) is 37.1 Å². The fourth-order valence-electron chi connectivity index (χ4n) is 3.64. The van der Waals surface area contributed by atoms with Crippen molar-refractivity contribution in [3.05, 3.63) is 28.3 Å². The summed E-state index contributed by atoms with van der Waals surface area (Å²) in [4.78, 5) is 13.3. The van der Waals surface area contributed by atoms with E-state index < -0.39 is 14.9 Å². The first kappa shape index (κ1) is 21.0. The number of nitrogens with zero attached hydrogens (tertiary/aromatic N) is 3. The molecule has 0 aromatic heterocycles. The lowest BCUT2D eigenvalue weighted by atomic mass is 10.0. The molecular formula is C18H28N4O5S. The van der Waals surface area contributed by atoms with Crippen LogP contribution in [-0.2, 0) is 14.8 Å². The molecule has 0 amide bonds. The number of nitro benzene ring substituents is 1.